The Morgan fingerprint density at radius 1 is 1.06 bits per heavy atom. The van der Waals surface area contributed by atoms with Gasteiger partial charge in [-0.25, -0.2) is 0 Å². The van der Waals surface area contributed by atoms with Gasteiger partial charge in [0.1, 0.15) is 0 Å². The highest BCUT2D eigenvalue weighted by molar-refractivity contribution is 5.13. The van der Waals surface area contributed by atoms with Crippen LogP contribution in [0.2, 0.25) is 0 Å². The van der Waals surface area contributed by atoms with Gasteiger partial charge in [-0.3, -0.25) is 0 Å². The lowest BCUT2D eigenvalue weighted by Crippen LogP contribution is -2.47. The van der Waals surface area contributed by atoms with Crippen LogP contribution in [-0.2, 0) is 0 Å². The van der Waals surface area contributed by atoms with Crippen molar-refractivity contribution in [2.24, 2.45) is 17.4 Å². The maximum absolute atomic E-state index is 6.02. The van der Waals surface area contributed by atoms with Crippen molar-refractivity contribution in [2.75, 3.05) is 26.2 Å². The van der Waals surface area contributed by atoms with Crippen LogP contribution in [0.5, 0.6) is 0 Å². The van der Waals surface area contributed by atoms with Crippen molar-refractivity contribution in [3.8, 4) is 0 Å². The van der Waals surface area contributed by atoms with Gasteiger partial charge in [-0.15, -0.1) is 0 Å². The van der Waals surface area contributed by atoms with Crippen molar-refractivity contribution in [2.45, 2.75) is 20.8 Å². The van der Waals surface area contributed by atoms with Crippen molar-refractivity contribution < 1.29 is 0 Å². The highest BCUT2D eigenvalue weighted by atomic mass is 15.3. The topological polar surface area (TPSA) is 58.5 Å². The zero-order chi connectivity index (χ0) is 13.7. The molecule has 1 saturated heterocycles. The molecule has 1 aliphatic rings. The molecule has 102 valence electrons. The Balaban J connectivity index is 2.51. The van der Waals surface area contributed by atoms with E-state index < -0.39 is 0 Å². The number of nitrogens with zero attached hydrogens (tertiary/aromatic N) is 2. The van der Waals surface area contributed by atoms with Crippen LogP contribution in [0.3, 0.4) is 0 Å². The first-order valence-electron chi connectivity index (χ1n) is 6.50. The third kappa shape index (κ3) is 4.02. The average Bonchev–Trinajstić information content (AvgIpc) is 2.35. The molecule has 1 heterocycles. The summed E-state index contributed by atoms with van der Waals surface area (Å²) < 4.78 is 0. The van der Waals surface area contributed by atoms with E-state index in [1.165, 1.54) is 5.70 Å². The highest BCUT2D eigenvalue weighted by Crippen LogP contribution is 2.16. The zero-order valence-electron chi connectivity index (χ0n) is 11.8. The summed E-state index contributed by atoms with van der Waals surface area (Å²) >= 11 is 0. The maximum atomic E-state index is 6.02. The van der Waals surface area contributed by atoms with Gasteiger partial charge in [0.25, 0.3) is 0 Å². The molecule has 0 saturated carbocycles. The molecule has 0 spiro atoms. The SMILES string of the molecule is C=C(C(C)C)N1CCN(/C(N)=C/C=C(/C)N)CC1. The van der Waals surface area contributed by atoms with Gasteiger partial charge >= 0.3 is 0 Å². The first kappa shape index (κ1) is 14.5. The third-order valence-corrected chi connectivity index (χ3v) is 3.23. The number of allylic oxidation sites excluding steroid dienone is 4. The van der Waals surface area contributed by atoms with Crippen LogP contribution in [0.25, 0.3) is 0 Å². The van der Waals surface area contributed by atoms with Crippen LogP contribution in [0.15, 0.2) is 35.9 Å². The van der Waals surface area contributed by atoms with Gasteiger partial charge in [0, 0.05) is 37.6 Å². The van der Waals surface area contributed by atoms with Gasteiger partial charge < -0.3 is 21.3 Å². The molecule has 1 aliphatic heterocycles. The Morgan fingerprint density at radius 2 is 1.56 bits per heavy atom. The summed E-state index contributed by atoms with van der Waals surface area (Å²) in [5.74, 6) is 1.29. The van der Waals surface area contributed by atoms with E-state index in [2.05, 4.69) is 30.2 Å². The second-order valence-corrected chi connectivity index (χ2v) is 5.12. The van der Waals surface area contributed by atoms with E-state index in [1.54, 1.807) is 0 Å². The van der Waals surface area contributed by atoms with E-state index in [9.17, 15) is 0 Å². The molecular weight excluding hydrogens is 224 g/mol. The predicted molar refractivity (Wildman–Crippen MR) is 77.3 cm³/mol. The lowest BCUT2D eigenvalue weighted by molar-refractivity contribution is 0.180. The Labute approximate surface area is 111 Å². The normalized spacial score (nSPS) is 18.4. The van der Waals surface area contributed by atoms with Crippen LogP contribution in [0, 0.1) is 5.92 Å². The maximum Gasteiger partial charge on any atom is 0.0988 e. The minimum absolute atomic E-state index is 0.507. The lowest BCUT2D eigenvalue weighted by atomic mass is 10.1. The molecule has 0 aromatic carbocycles. The van der Waals surface area contributed by atoms with Gasteiger partial charge in [-0.05, 0) is 25.0 Å². The summed E-state index contributed by atoms with van der Waals surface area (Å²) in [5, 5.41) is 0. The lowest BCUT2D eigenvalue weighted by Gasteiger charge is -2.39. The number of piperazine rings is 1. The highest BCUT2D eigenvalue weighted by Gasteiger charge is 2.19. The Morgan fingerprint density at radius 3 is 2.00 bits per heavy atom. The molecule has 0 bridgehead atoms. The Bertz CT molecular complexity index is 343. The zero-order valence-corrected chi connectivity index (χ0v) is 11.8. The second-order valence-electron chi connectivity index (χ2n) is 5.12. The Kier molecular flexibility index (Phi) is 5.13. The number of hydrogen-bond donors (Lipinski definition) is 2. The molecular formula is C14H26N4. The van der Waals surface area contributed by atoms with E-state index in [0.29, 0.717) is 5.92 Å². The van der Waals surface area contributed by atoms with E-state index in [-0.39, 0.29) is 0 Å². The summed E-state index contributed by atoms with van der Waals surface area (Å²) in [6.45, 7) is 14.2. The number of nitrogens with two attached hydrogens (primary N) is 2. The summed E-state index contributed by atoms with van der Waals surface area (Å²) in [6, 6.07) is 0. The molecule has 1 fully saturated rings. The van der Waals surface area contributed by atoms with E-state index in [4.69, 9.17) is 11.5 Å². The van der Waals surface area contributed by atoms with Gasteiger partial charge in [0.2, 0.25) is 0 Å². The molecule has 4 N–H and O–H groups in total. The fraction of sp³-hybridized carbons (Fsp3) is 0.571. The standard InChI is InChI=1S/C14H26N4/c1-11(2)13(4)17-7-9-18(10-8-17)14(16)6-5-12(3)15/h5-6,11H,4,7-10,15-16H2,1-3H3/b12-5-,14-6+. The summed E-state index contributed by atoms with van der Waals surface area (Å²) in [6.07, 6.45) is 3.72. The monoisotopic (exact) mass is 250 g/mol. The molecule has 4 heteroatoms. The minimum atomic E-state index is 0.507. The van der Waals surface area contributed by atoms with Crippen LogP contribution in [-0.4, -0.2) is 36.0 Å². The molecule has 4 nitrogen and oxygen atoms in total. The molecule has 0 aromatic heterocycles. The first-order valence-corrected chi connectivity index (χ1v) is 6.50. The third-order valence-electron chi connectivity index (χ3n) is 3.23. The molecule has 0 aromatic rings. The van der Waals surface area contributed by atoms with Crippen LogP contribution in [0.4, 0.5) is 0 Å². The smallest absolute Gasteiger partial charge is 0.0988 e. The van der Waals surface area contributed by atoms with Gasteiger partial charge in [-0.2, -0.15) is 0 Å². The van der Waals surface area contributed by atoms with Crippen LogP contribution in [0.1, 0.15) is 20.8 Å². The average molecular weight is 250 g/mol. The summed E-state index contributed by atoms with van der Waals surface area (Å²) in [7, 11) is 0. The van der Waals surface area contributed by atoms with Crippen molar-refractivity contribution in [3.05, 3.63) is 35.9 Å². The fourth-order valence-electron chi connectivity index (χ4n) is 1.94. The summed E-state index contributed by atoms with van der Waals surface area (Å²) in [5.41, 5.74) is 13.6. The molecule has 0 atom stereocenters. The van der Waals surface area contributed by atoms with Crippen LogP contribution < -0.4 is 11.5 Å². The first-order chi connectivity index (χ1) is 8.41. The number of rotatable bonds is 4. The molecule has 0 aliphatic carbocycles. The van der Waals surface area contributed by atoms with Crippen molar-refractivity contribution in [3.63, 3.8) is 0 Å². The fourth-order valence-corrected chi connectivity index (χ4v) is 1.94. The van der Waals surface area contributed by atoms with E-state index in [0.717, 1.165) is 37.7 Å². The van der Waals surface area contributed by atoms with Crippen LogP contribution >= 0.6 is 0 Å². The van der Waals surface area contributed by atoms with Gasteiger partial charge in [0.15, 0.2) is 0 Å². The van der Waals surface area contributed by atoms with Gasteiger partial charge in [0.05, 0.1) is 5.82 Å². The predicted octanol–water partition coefficient (Wildman–Crippen LogP) is 1.44. The van der Waals surface area contributed by atoms with E-state index in [1.807, 2.05) is 19.1 Å². The molecule has 1 rings (SSSR count). The molecule has 0 amide bonds. The van der Waals surface area contributed by atoms with Crippen molar-refractivity contribution in [1.82, 2.24) is 9.80 Å². The van der Waals surface area contributed by atoms with Crippen molar-refractivity contribution >= 4 is 0 Å². The molecule has 0 radical (unpaired) electrons. The number of hydrogen-bond acceptors (Lipinski definition) is 4. The summed E-state index contributed by atoms with van der Waals surface area (Å²) in [4.78, 5) is 4.53. The molecule has 0 unspecified atom stereocenters. The minimum Gasteiger partial charge on any atom is -0.402 e. The Hall–Kier alpha value is -1.58. The quantitative estimate of drug-likeness (QED) is 0.741. The van der Waals surface area contributed by atoms with Gasteiger partial charge in [-0.1, -0.05) is 20.4 Å². The molecule has 18 heavy (non-hydrogen) atoms. The second kappa shape index (κ2) is 6.38. The van der Waals surface area contributed by atoms with E-state index >= 15 is 0 Å². The largest absolute Gasteiger partial charge is 0.402 e. The van der Waals surface area contributed by atoms with Crippen molar-refractivity contribution in [1.29, 1.82) is 0 Å².